The van der Waals surface area contributed by atoms with Gasteiger partial charge in [0.1, 0.15) is 34.0 Å². The van der Waals surface area contributed by atoms with Crippen molar-refractivity contribution >= 4 is 16.8 Å². The third-order valence-corrected chi connectivity index (χ3v) is 8.41. The molecule has 10 heteroatoms. The molecule has 3 N–H and O–H groups in total. The number of aromatic nitrogens is 6. The first-order valence-electron chi connectivity index (χ1n) is 17.6. The zero-order valence-electron chi connectivity index (χ0n) is 29.8. The lowest BCUT2D eigenvalue weighted by Gasteiger charge is -2.09. The van der Waals surface area contributed by atoms with Crippen LogP contribution in [0.25, 0.3) is 50.9 Å². The zero-order chi connectivity index (χ0) is 38.7. The summed E-state index contributed by atoms with van der Waals surface area (Å²) in [7, 11) is 0. The summed E-state index contributed by atoms with van der Waals surface area (Å²) in [6, 6.07) is 56.6. The number of benzene rings is 7. The van der Waals surface area contributed by atoms with Crippen molar-refractivity contribution in [2.45, 2.75) is 14.9 Å². The van der Waals surface area contributed by atoms with Crippen LogP contribution in [0.1, 0.15) is 30.8 Å². The predicted octanol–water partition coefficient (Wildman–Crippen LogP) is 10.6. The molecule has 2 aromatic heterocycles. The molecule has 0 bridgehead atoms. The van der Waals surface area contributed by atoms with Gasteiger partial charge in [0.25, 0.3) is 0 Å². The second kappa shape index (κ2) is 19.6. The van der Waals surface area contributed by atoms with Crippen molar-refractivity contribution in [3.05, 3.63) is 199 Å². The number of fused-ring (bicyclic) bond motifs is 1. The van der Waals surface area contributed by atoms with Crippen LogP contribution in [0.3, 0.4) is 0 Å². The highest BCUT2D eigenvalue weighted by atomic mass is 16.3. The molecular formula is C48H42N6O4. The minimum atomic E-state index is -0.159. The SMILES string of the molecule is C.C.O=C(c1ccccc1)c1ccccc1O.Oc1ccccc1-c1nc(-c2ccccc2)nc(-c2ccccc2)n1.Oc1ccccc1-n1nc2ccccc2n1. The maximum atomic E-state index is 11.9. The Labute approximate surface area is 337 Å². The first-order chi connectivity index (χ1) is 27.4. The molecule has 288 valence electrons. The fourth-order valence-corrected chi connectivity index (χ4v) is 5.60. The van der Waals surface area contributed by atoms with Crippen molar-refractivity contribution in [2.24, 2.45) is 0 Å². The summed E-state index contributed by atoms with van der Waals surface area (Å²) < 4.78 is 0. The van der Waals surface area contributed by atoms with Gasteiger partial charge in [-0.05, 0) is 48.5 Å². The van der Waals surface area contributed by atoms with Crippen molar-refractivity contribution in [1.82, 2.24) is 29.9 Å². The second-order valence-electron chi connectivity index (χ2n) is 12.2. The van der Waals surface area contributed by atoms with Crippen LogP contribution in [0, 0.1) is 0 Å². The smallest absolute Gasteiger partial charge is 0.196 e. The van der Waals surface area contributed by atoms with Crippen molar-refractivity contribution in [3.8, 4) is 57.1 Å². The lowest BCUT2D eigenvalue weighted by molar-refractivity contribution is 0.103. The summed E-state index contributed by atoms with van der Waals surface area (Å²) in [4.78, 5) is 27.1. The maximum absolute atomic E-state index is 11.9. The number of carbonyl (C=O) groups is 1. The van der Waals surface area contributed by atoms with Crippen molar-refractivity contribution in [2.75, 3.05) is 0 Å². The number of hydrogen-bond acceptors (Lipinski definition) is 9. The van der Waals surface area contributed by atoms with E-state index in [4.69, 9.17) is 0 Å². The monoisotopic (exact) mass is 766 g/mol. The fourth-order valence-electron chi connectivity index (χ4n) is 5.60. The Morgan fingerprint density at radius 3 is 1.34 bits per heavy atom. The van der Waals surface area contributed by atoms with E-state index < -0.39 is 0 Å². The van der Waals surface area contributed by atoms with Gasteiger partial charge in [-0.3, -0.25) is 4.79 Å². The Balaban J connectivity index is 0.000000170. The van der Waals surface area contributed by atoms with Crippen LogP contribution in [0.4, 0.5) is 0 Å². The second-order valence-corrected chi connectivity index (χ2v) is 12.2. The molecule has 0 radical (unpaired) electrons. The first-order valence-corrected chi connectivity index (χ1v) is 17.6. The van der Waals surface area contributed by atoms with Gasteiger partial charge in [-0.2, -0.15) is 0 Å². The van der Waals surface area contributed by atoms with E-state index >= 15 is 0 Å². The van der Waals surface area contributed by atoms with Crippen molar-refractivity contribution in [1.29, 1.82) is 0 Å². The van der Waals surface area contributed by atoms with Gasteiger partial charge in [-0.25, -0.2) is 15.0 Å². The van der Waals surface area contributed by atoms with E-state index in [1.54, 1.807) is 78.9 Å². The summed E-state index contributed by atoms with van der Waals surface area (Å²) in [5.74, 6) is 1.78. The fraction of sp³-hybridized carbons (Fsp3) is 0.0417. The van der Waals surface area contributed by atoms with Crippen molar-refractivity contribution < 1.29 is 20.1 Å². The quantitative estimate of drug-likeness (QED) is 0.141. The summed E-state index contributed by atoms with van der Waals surface area (Å²) in [6.07, 6.45) is 0. The minimum absolute atomic E-state index is 0. The molecule has 9 rings (SSSR count). The summed E-state index contributed by atoms with van der Waals surface area (Å²) >= 11 is 0. The van der Waals surface area contributed by atoms with Gasteiger partial charge in [0, 0.05) is 16.7 Å². The number of nitrogens with zero attached hydrogens (tertiary/aromatic N) is 6. The average molecular weight is 767 g/mol. The van der Waals surface area contributed by atoms with Gasteiger partial charge in [-0.1, -0.05) is 154 Å². The molecule has 0 atom stereocenters. The van der Waals surface area contributed by atoms with Crippen molar-refractivity contribution in [3.63, 3.8) is 0 Å². The number of ketones is 1. The molecule has 0 amide bonds. The zero-order valence-corrected chi connectivity index (χ0v) is 29.8. The molecule has 0 saturated heterocycles. The highest BCUT2D eigenvalue weighted by Gasteiger charge is 2.14. The molecule has 58 heavy (non-hydrogen) atoms. The highest BCUT2D eigenvalue weighted by molar-refractivity contribution is 6.10. The number of rotatable bonds is 6. The molecule has 0 saturated carbocycles. The summed E-state index contributed by atoms with van der Waals surface area (Å²) in [6.45, 7) is 0. The van der Waals surface area contributed by atoms with Crippen LogP contribution in [0.2, 0.25) is 0 Å². The van der Waals surface area contributed by atoms with Crippen LogP contribution >= 0.6 is 0 Å². The number of carbonyl (C=O) groups excluding carboxylic acids is 1. The standard InChI is InChI=1S/C21H15N3O.C13H10O2.C12H9N3O.2CH4/c25-18-14-8-7-13-17(18)21-23-19(15-9-3-1-4-10-15)22-20(24-21)16-11-5-2-6-12-16;14-12-9-5-4-8-11(12)13(15)10-6-2-1-3-7-10;16-12-8-4-3-7-11(12)15-13-9-5-1-2-6-10(9)14-15;;/h1-14,25H;1-9,14H;1-8,16H;2*1H4. The Kier molecular flexibility index (Phi) is 13.9. The number of hydrogen-bond donors (Lipinski definition) is 3. The molecule has 9 aromatic rings. The molecule has 10 nitrogen and oxygen atoms in total. The third kappa shape index (κ3) is 9.81. The van der Waals surface area contributed by atoms with E-state index in [0.29, 0.717) is 39.9 Å². The minimum Gasteiger partial charge on any atom is -0.507 e. The van der Waals surface area contributed by atoms with E-state index in [9.17, 15) is 20.1 Å². The first kappa shape index (κ1) is 41.2. The number of para-hydroxylation sites is 4. The Morgan fingerprint density at radius 2 is 0.828 bits per heavy atom. The molecule has 0 aliphatic carbocycles. The number of aromatic hydroxyl groups is 3. The van der Waals surface area contributed by atoms with Crippen LogP contribution in [-0.4, -0.2) is 51.0 Å². The Morgan fingerprint density at radius 1 is 0.414 bits per heavy atom. The molecular weight excluding hydrogens is 725 g/mol. The van der Waals surface area contributed by atoms with Crippen LogP contribution < -0.4 is 0 Å². The topological polar surface area (TPSA) is 147 Å². The van der Waals surface area contributed by atoms with Gasteiger partial charge in [-0.15, -0.1) is 15.0 Å². The molecule has 0 spiro atoms. The number of phenols is 3. The average Bonchev–Trinajstić information content (AvgIpc) is 3.70. The third-order valence-electron chi connectivity index (χ3n) is 8.41. The van der Waals surface area contributed by atoms with Gasteiger partial charge >= 0.3 is 0 Å². The van der Waals surface area contributed by atoms with E-state index in [-0.39, 0.29) is 37.9 Å². The highest BCUT2D eigenvalue weighted by Crippen LogP contribution is 2.29. The Hall–Kier alpha value is -7.98. The molecule has 0 aliphatic heterocycles. The predicted molar refractivity (Wildman–Crippen MR) is 230 cm³/mol. The molecule has 0 aliphatic rings. The van der Waals surface area contributed by atoms with Gasteiger partial charge < -0.3 is 15.3 Å². The molecule has 2 heterocycles. The molecule has 0 unspecified atom stereocenters. The maximum Gasteiger partial charge on any atom is 0.196 e. The summed E-state index contributed by atoms with van der Waals surface area (Å²) in [5.41, 5.74) is 5.51. The van der Waals surface area contributed by atoms with Crippen LogP contribution in [-0.2, 0) is 0 Å². The largest absolute Gasteiger partial charge is 0.507 e. The molecule has 7 aromatic carbocycles. The summed E-state index contributed by atoms with van der Waals surface area (Å²) in [5, 5.41) is 38.0. The lowest BCUT2D eigenvalue weighted by atomic mass is 10.0. The van der Waals surface area contributed by atoms with E-state index in [2.05, 4.69) is 25.1 Å². The normalized spacial score (nSPS) is 10.1. The van der Waals surface area contributed by atoms with E-state index in [0.717, 1.165) is 22.2 Å². The lowest BCUT2D eigenvalue weighted by Crippen LogP contribution is -2.00. The van der Waals surface area contributed by atoms with Gasteiger partial charge in [0.2, 0.25) is 0 Å². The number of phenolic OH excluding ortho intramolecular Hbond substituents is 3. The van der Waals surface area contributed by atoms with Gasteiger partial charge in [0.15, 0.2) is 23.3 Å². The van der Waals surface area contributed by atoms with Gasteiger partial charge in [0.05, 0.1) is 11.1 Å². The van der Waals surface area contributed by atoms with E-state index in [1.165, 1.54) is 10.9 Å². The molecule has 0 fully saturated rings. The van der Waals surface area contributed by atoms with Crippen LogP contribution in [0.5, 0.6) is 17.2 Å². The Bertz CT molecular complexity index is 2620. The van der Waals surface area contributed by atoms with Crippen LogP contribution in [0.15, 0.2) is 188 Å². The van der Waals surface area contributed by atoms with E-state index in [1.807, 2.05) is 103 Å².